The number of ether oxygens (including phenoxy) is 1. The van der Waals surface area contributed by atoms with Gasteiger partial charge in [0, 0.05) is 12.2 Å². The molecule has 2 aromatic carbocycles. The van der Waals surface area contributed by atoms with Crippen molar-refractivity contribution in [2.75, 3.05) is 18.5 Å². The maximum Gasteiger partial charge on any atom is 0.416 e. The lowest BCUT2D eigenvalue weighted by molar-refractivity contribution is -0.137. The summed E-state index contributed by atoms with van der Waals surface area (Å²) in [6, 6.07) is 11.7. The number of carbonyl (C=O) groups excluding carboxylic acids is 1. The molecule has 0 aromatic heterocycles. The number of hydrogen-bond donors (Lipinski definition) is 2. The lowest BCUT2D eigenvalue weighted by Gasteiger charge is -2.10. The molecule has 2 rings (SSSR count). The van der Waals surface area contributed by atoms with Crippen LogP contribution in [0.15, 0.2) is 48.5 Å². The number of carbonyl (C=O) groups is 1. The van der Waals surface area contributed by atoms with E-state index in [0.29, 0.717) is 24.3 Å². The lowest BCUT2D eigenvalue weighted by atomic mass is 10.1. The molecule has 0 aliphatic rings. The smallest absolute Gasteiger partial charge is 0.416 e. The number of hydrogen-bond acceptors (Lipinski definition) is 2. The first kappa shape index (κ1) is 20.6. The molecule has 4 nitrogen and oxygen atoms in total. The van der Waals surface area contributed by atoms with Crippen molar-refractivity contribution in [1.29, 1.82) is 0 Å². The molecule has 0 saturated carbocycles. The number of amides is 2. The van der Waals surface area contributed by atoms with E-state index in [1.807, 2.05) is 0 Å². The summed E-state index contributed by atoms with van der Waals surface area (Å²) in [6.07, 6.45) is -2.02. The summed E-state index contributed by atoms with van der Waals surface area (Å²) in [5.41, 5.74) is 0.429. The molecule has 7 heteroatoms. The third kappa shape index (κ3) is 7.21. The molecule has 146 valence electrons. The molecule has 27 heavy (non-hydrogen) atoms. The third-order valence-corrected chi connectivity index (χ3v) is 3.83. The average molecular weight is 380 g/mol. The van der Waals surface area contributed by atoms with E-state index < -0.39 is 17.8 Å². The van der Waals surface area contributed by atoms with Crippen LogP contribution in [0.5, 0.6) is 5.75 Å². The fourth-order valence-electron chi connectivity index (χ4n) is 2.37. The molecule has 0 heterocycles. The fraction of sp³-hybridized carbons (Fsp3) is 0.350. The van der Waals surface area contributed by atoms with Crippen molar-refractivity contribution >= 4 is 11.7 Å². The first-order chi connectivity index (χ1) is 12.9. The van der Waals surface area contributed by atoms with E-state index >= 15 is 0 Å². The van der Waals surface area contributed by atoms with Gasteiger partial charge in [-0.2, -0.15) is 13.2 Å². The summed E-state index contributed by atoms with van der Waals surface area (Å²) in [5, 5.41) is 5.30. The summed E-state index contributed by atoms with van der Waals surface area (Å²) < 4.78 is 43.6. The Morgan fingerprint density at radius 1 is 1.11 bits per heavy atom. The molecule has 2 aromatic rings. The van der Waals surface area contributed by atoms with E-state index in [0.717, 1.165) is 30.7 Å². The van der Waals surface area contributed by atoms with Gasteiger partial charge in [-0.15, -0.1) is 0 Å². The number of benzene rings is 2. The van der Waals surface area contributed by atoms with Gasteiger partial charge in [0.05, 0.1) is 12.2 Å². The van der Waals surface area contributed by atoms with Crippen LogP contribution in [0.25, 0.3) is 0 Å². The minimum atomic E-state index is -4.37. The van der Waals surface area contributed by atoms with E-state index in [-0.39, 0.29) is 6.54 Å². The molecule has 0 fully saturated rings. The minimum absolute atomic E-state index is 0.228. The topological polar surface area (TPSA) is 50.4 Å². The summed E-state index contributed by atoms with van der Waals surface area (Å²) in [6.45, 7) is 2.96. The van der Waals surface area contributed by atoms with Crippen LogP contribution in [0.1, 0.15) is 30.9 Å². The molecule has 2 amide bonds. The van der Waals surface area contributed by atoms with Gasteiger partial charge in [-0.05, 0) is 48.7 Å². The Kier molecular flexibility index (Phi) is 7.52. The van der Waals surface area contributed by atoms with E-state index in [1.165, 1.54) is 6.07 Å². The summed E-state index contributed by atoms with van der Waals surface area (Å²) in [4.78, 5) is 11.9. The quantitative estimate of drug-likeness (QED) is 0.615. The van der Waals surface area contributed by atoms with Crippen LogP contribution in [0.4, 0.5) is 23.7 Å². The van der Waals surface area contributed by atoms with Crippen LogP contribution in [0, 0.1) is 0 Å². The van der Waals surface area contributed by atoms with E-state index in [4.69, 9.17) is 4.74 Å². The highest BCUT2D eigenvalue weighted by molar-refractivity contribution is 5.89. The summed E-state index contributed by atoms with van der Waals surface area (Å²) in [7, 11) is 0. The first-order valence-electron chi connectivity index (χ1n) is 8.82. The highest BCUT2D eigenvalue weighted by atomic mass is 19.4. The molecular weight excluding hydrogens is 357 g/mol. The van der Waals surface area contributed by atoms with Gasteiger partial charge in [0.15, 0.2) is 0 Å². The zero-order valence-corrected chi connectivity index (χ0v) is 15.1. The Balaban J connectivity index is 1.76. The van der Waals surface area contributed by atoms with Gasteiger partial charge in [-0.1, -0.05) is 31.5 Å². The molecule has 0 saturated heterocycles. The second-order valence-electron chi connectivity index (χ2n) is 6.06. The Bertz CT molecular complexity index is 731. The Labute approximate surface area is 156 Å². The van der Waals surface area contributed by atoms with Gasteiger partial charge in [-0.25, -0.2) is 4.79 Å². The van der Waals surface area contributed by atoms with E-state index in [1.54, 1.807) is 30.3 Å². The molecule has 0 atom stereocenters. The van der Waals surface area contributed by atoms with Crippen molar-refractivity contribution in [1.82, 2.24) is 5.32 Å². The zero-order valence-electron chi connectivity index (χ0n) is 15.1. The number of unbranched alkanes of at least 4 members (excludes halogenated alkanes) is 1. The lowest BCUT2D eigenvalue weighted by Crippen LogP contribution is -2.30. The average Bonchev–Trinajstić information content (AvgIpc) is 2.63. The van der Waals surface area contributed by atoms with Crippen molar-refractivity contribution < 1.29 is 22.7 Å². The molecule has 2 N–H and O–H groups in total. The number of halogens is 3. The van der Waals surface area contributed by atoms with Crippen LogP contribution >= 0.6 is 0 Å². The standard InChI is InChI=1S/C20H23F3N2O2/c1-2-3-13-27-18-9-7-17(8-10-18)25-19(26)24-12-11-15-5-4-6-16(14-15)20(21,22)23/h4-10,14H,2-3,11-13H2,1H3,(H2,24,25,26). The van der Waals surface area contributed by atoms with Crippen LogP contribution in [-0.4, -0.2) is 19.2 Å². The van der Waals surface area contributed by atoms with Crippen molar-refractivity contribution in [3.8, 4) is 5.75 Å². The van der Waals surface area contributed by atoms with Crippen molar-refractivity contribution in [3.63, 3.8) is 0 Å². The SMILES string of the molecule is CCCCOc1ccc(NC(=O)NCCc2cccc(C(F)(F)F)c2)cc1. The largest absolute Gasteiger partial charge is 0.494 e. The summed E-state index contributed by atoms with van der Waals surface area (Å²) >= 11 is 0. The summed E-state index contributed by atoms with van der Waals surface area (Å²) in [5.74, 6) is 0.735. The molecule has 0 aliphatic carbocycles. The monoisotopic (exact) mass is 380 g/mol. The van der Waals surface area contributed by atoms with E-state index in [9.17, 15) is 18.0 Å². The highest BCUT2D eigenvalue weighted by Crippen LogP contribution is 2.29. The minimum Gasteiger partial charge on any atom is -0.494 e. The van der Waals surface area contributed by atoms with Gasteiger partial charge in [-0.3, -0.25) is 0 Å². The van der Waals surface area contributed by atoms with Gasteiger partial charge >= 0.3 is 12.2 Å². The van der Waals surface area contributed by atoms with Gasteiger partial charge < -0.3 is 15.4 Å². The number of anilines is 1. The maximum absolute atomic E-state index is 12.7. The second-order valence-corrected chi connectivity index (χ2v) is 6.06. The number of alkyl halides is 3. The maximum atomic E-state index is 12.7. The van der Waals surface area contributed by atoms with Crippen LogP contribution in [0.2, 0.25) is 0 Å². The van der Waals surface area contributed by atoms with Crippen LogP contribution in [-0.2, 0) is 12.6 Å². The Morgan fingerprint density at radius 2 is 1.85 bits per heavy atom. The predicted molar refractivity (Wildman–Crippen MR) is 99.0 cm³/mol. The van der Waals surface area contributed by atoms with Crippen molar-refractivity contribution in [3.05, 3.63) is 59.7 Å². The highest BCUT2D eigenvalue weighted by Gasteiger charge is 2.30. The number of urea groups is 1. The first-order valence-corrected chi connectivity index (χ1v) is 8.82. The molecule has 0 aliphatic heterocycles. The predicted octanol–water partition coefficient (Wildman–Crippen LogP) is 5.25. The second kappa shape index (κ2) is 9.85. The van der Waals surface area contributed by atoms with Gasteiger partial charge in [0.25, 0.3) is 0 Å². The van der Waals surface area contributed by atoms with E-state index in [2.05, 4.69) is 17.6 Å². The normalized spacial score (nSPS) is 11.1. The van der Waals surface area contributed by atoms with Crippen LogP contribution in [0.3, 0.4) is 0 Å². The molecular formula is C20H23F3N2O2. The van der Waals surface area contributed by atoms with Crippen molar-refractivity contribution in [2.45, 2.75) is 32.4 Å². The molecule has 0 spiro atoms. The van der Waals surface area contributed by atoms with Crippen molar-refractivity contribution in [2.24, 2.45) is 0 Å². The number of rotatable bonds is 8. The molecule has 0 radical (unpaired) electrons. The number of nitrogens with one attached hydrogen (secondary N) is 2. The van der Waals surface area contributed by atoms with Gasteiger partial charge in [0.2, 0.25) is 0 Å². The Morgan fingerprint density at radius 3 is 2.52 bits per heavy atom. The van der Waals surface area contributed by atoms with Gasteiger partial charge in [0.1, 0.15) is 5.75 Å². The zero-order chi connectivity index (χ0) is 19.7. The fourth-order valence-corrected chi connectivity index (χ4v) is 2.37. The van der Waals surface area contributed by atoms with Crippen LogP contribution < -0.4 is 15.4 Å². The molecule has 0 unspecified atom stereocenters. The Hall–Kier alpha value is -2.70. The molecule has 0 bridgehead atoms. The third-order valence-electron chi connectivity index (χ3n) is 3.83.